The van der Waals surface area contributed by atoms with E-state index in [4.69, 9.17) is 0 Å². The van der Waals surface area contributed by atoms with Crippen molar-refractivity contribution in [1.29, 1.82) is 0 Å². The predicted molar refractivity (Wildman–Crippen MR) is 109 cm³/mol. The molecule has 4 heteroatoms. The average Bonchev–Trinajstić information content (AvgIpc) is 2.74. The molecule has 0 radical (unpaired) electrons. The van der Waals surface area contributed by atoms with Crippen LogP contribution in [0.3, 0.4) is 0 Å². The molecule has 0 aliphatic carbocycles. The minimum absolute atomic E-state index is 0.773. The second-order valence-corrected chi connectivity index (χ2v) is 9.63. The quantitative estimate of drug-likeness (QED) is 0.606. The van der Waals surface area contributed by atoms with E-state index in [0.29, 0.717) is 0 Å². The van der Waals surface area contributed by atoms with E-state index in [9.17, 15) is 0 Å². The topological polar surface area (TPSA) is 48.1 Å². The standard InChI is InChI=1S/C22H42N4/c1(17-3-9-23-10-4-17)2-18-5-14-26-22(15-18)21-16-25-13-8-20(21)19-6-11-24-12-7-19/h17-26H,1-16H2. The van der Waals surface area contributed by atoms with Crippen molar-refractivity contribution in [3.05, 3.63) is 0 Å². The van der Waals surface area contributed by atoms with E-state index >= 15 is 0 Å². The third kappa shape index (κ3) is 5.01. The molecule has 0 aromatic rings. The monoisotopic (exact) mass is 362 g/mol. The van der Waals surface area contributed by atoms with E-state index in [0.717, 1.165) is 35.6 Å². The van der Waals surface area contributed by atoms with Gasteiger partial charge in [-0.05, 0) is 120 Å². The first-order valence-electron chi connectivity index (χ1n) is 11.8. The fraction of sp³-hybridized carbons (Fsp3) is 1.00. The molecular weight excluding hydrogens is 320 g/mol. The highest BCUT2D eigenvalue weighted by atomic mass is 15.0. The second kappa shape index (κ2) is 9.86. The van der Waals surface area contributed by atoms with Crippen molar-refractivity contribution in [2.45, 2.75) is 63.8 Å². The number of hydrogen-bond acceptors (Lipinski definition) is 4. The van der Waals surface area contributed by atoms with Gasteiger partial charge in [0.25, 0.3) is 0 Å². The summed E-state index contributed by atoms with van der Waals surface area (Å²) in [6.45, 7) is 8.77. The molecule has 4 aliphatic heterocycles. The zero-order chi connectivity index (χ0) is 17.6. The highest BCUT2D eigenvalue weighted by Crippen LogP contribution is 2.38. The molecule has 150 valence electrons. The summed E-state index contributed by atoms with van der Waals surface area (Å²) in [4.78, 5) is 0. The Hall–Kier alpha value is -0.160. The van der Waals surface area contributed by atoms with E-state index in [1.807, 2.05) is 0 Å². The van der Waals surface area contributed by atoms with Crippen LogP contribution >= 0.6 is 0 Å². The molecule has 0 aromatic heterocycles. The molecule has 4 atom stereocenters. The third-order valence-corrected chi connectivity index (χ3v) is 8.08. The van der Waals surface area contributed by atoms with Crippen molar-refractivity contribution in [2.24, 2.45) is 29.6 Å². The zero-order valence-corrected chi connectivity index (χ0v) is 16.8. The van der Waals surface area contributed by atoms with E-state index in [1.165, 1.54) is 104 Å². The van der Waals surface area contributed by atoms with Gasteiger partial charge in [0.05, 0.1) is 0 Å². The van der Waals surface area contributed by atoms with E-state index in [-0.39, 0.29) is 0 Å². The van der Waals surface area contributed by atoms with Crippen molar-refractivity contribution in [2.75, 3.05) is 45.8 Å². The van der Waals surface area contributed by atoms with Crippen LogP contribution in [0.25, 0.3) is 0 Å². The summed E-state index contributed by atoms with van der Waals surface area (Å²) in [5.41, 5.74) is 0. The Bertz CT molecular complexity index is 403. The Morgan fingerprint density at radius 1 is 0.577 bits per heavy atom. The van der Waals surface area contributed by atoms with Gasteiger partial charge in [-0.3, -0.25) is 0 Å². The van der Waals surface area contributed by atoms with Crippen LogP contribution in [-0.2, 0) is 0 Å². The minimum atomic E-state index is 0.773. The number of rotatable bonds is 5. The van der Waals surface area contributed by atoms with Gasteiger partial charge in [0.2, 0.25) is 0 Å². The molecule has 4 N–H and O–H groups in total. The summed E-state index contributed by atoms with van der Waals surface area (Å²) in [6, 6.07) is 0.773. The van der Waals surface area contributed by atoms with Crippen LogP contribution < -0.4 is 21.3 Å². The lowest BCUT2D eigenvalue weighted by Crippen LogP contribution is -2.53. The smallest absolute Gasteiger partial charge is 0.0113 e. The summed E-state index contributed by atoms with van der Waals surface area (Å²) in [5.74, 6) is 4.78. The largest absolute Gasteiger partial charge is 0.317 e. The molecule has 4 unspecified atom stereocenters. The molecule has 26 heavy (non-hydrogen) atoms. The fourth-order valence-electron chi connectivity index (χ4n) is 6.46. The minimum Gasteiger partial charge on any atom is -0.317 e. The Morgan fingerprint density at radius 3 is 2.04 bits per heavy atom. The first-order chi connectivity index (χ1) is 12.9. The number of hydrogen-bond donors (Lipinski definition) is 4. The first kappa shape index (κ1) is 19.2. The van der Waals surface area contributed by atoms with Crippen LogP contribution in [0, 0.1) is 29.6 Å². The van der Waals surface area contributed by atoms with Crippen LogP contribution in [0.4, 0.5) is 0 Å². The van der Waals surface area contributed by atoms with Gasteiger partial charge in [0, 0.05) is 6.04 Å². The van der Waals surface area contributed by atoms with Crippen molar-refractivity contribution in [3.63, 3.8) is 0 Å². The number of piperidine rings is 4. The molecular formula is C22H42N4. The van der Waals surface area contributed by atoms with Crippen molar-refractivity contribution < 1.29 is 0 Å². The summed E-state index contributed by atoms with van der Waals surface area (Å²) in [5, 5.41) is 14.8. The summed E-state index contributed by atoms with van der Waals surface area (Å²) in [6.07, 6.45) is 12.9. The molecule has 0 bridgehead atoms. The first-order valence-corrected chi connectivity index (χ1v) is 11.8. The maximum absolute atomic E-state index is 3.96. The lowest BCUT2D eigenvalue weighted by molar-refractivity contribution is 0.0907. The SMILES string of the molecule is C1CC(CCC2CCNC(C3CNCCC3C3CCNCC3)C2)CCN1. The summed E-state index contributed by atoms with van der Waals surface area (Å²) in [7, 11) is 0. The molecule has 4 saturated heterocycles. The van der Waals surface area contributed by atoms with E-state index in [1.54, 1.807) is 0 Å². The molecule has 0 amide bonds. The van der Waals surface area contributed by atoms with Gasteiger partial charge in [-0.15, -0.1) is 0 Å². The van der Waals surface area contributed by atoms with E-state index < -0.39 is 0 Å². The van der Waals surface area contributed by atoms with Crippen molar-refractivity contribution >= 4 is 0 Å². The van der Waals surface area contributed by atoms with Crippen LogP contribution in [0.2, 0.25) is 0 Å². The van der Waals surface area contributed by atoms with Gasteiger partial charge in [-0.2, -0.15) is 0 Å². The fourth-order valence-corrected chi connectivity index (χ4v) is 6.46. The van der Waals surface area contributed by atoms with Gasteiger partial charge in [-0.1, -0.05) is 12.8 Å². The van der Waals surface area contributed by atoms with Gasteiger partial charge in [-0.25, -0.2) is 0 Å². The van der Waals surface area contributed by atoms with Crippen LogP contribution in [-0.4, -0.2) is 51.9 Å². The normalized spacial score (nSPS) is 38.3. The molecule has 4 rings (SSSR count). The average molecular weight is 363 g/mol. The Balaban J connectivity index is 1.30. The zero-order valence-electron chi connectivity index (χ0n) is 16.8. The second-order valence-electron chi connectivity index (χ2n) is 9.63. The molecule has 0 spiro atoms. The Morgan fingerprint density at radius 2 is 1.23 bits per heavy atom. The third-order valence-electron chi connectivity index (χ3n) is 8.08. The van der Waals surface area contributed by atoms with Gasteiger partial charge in [0.15, 0.2) is 0 Å². The molecule has 4 heterocycles. The maximum atomic E-state index is 3.96. The highest BCUT2D eigenvalue weighted by Gasteiger charge is 2.38. The lowest BCUT2D eigenvalue weighted by Gasteiger charge is -2.45. The summed E-state index contributed by atoms with van der Waals surface area (Å²) >= 11 is 0. The summed E-state index contributed by atoms with van der Waals surface area (Å²) < 4.78 is 0. The van der Waals surface area contributed by atoms with Crippen molar-refractivity contribution in [3.8, 4) is 0 Å². The lowest BCUT2D eigenvalue weighted by atomic mass is 9.68. The van der Waals surface area contributed by atoms with E-state index in [2.05, 4.69) is 21.3 Å². The van der Waals surface area contributed by atoms with Gasteiger partial charge < -0.3 is 21.3 Å². The van der Waals surface area contributed by atoms with Crippen molar-refractivity contribution in [1.82, 2.24) is 21.3 Å². The van der Waals surface area contributed by atoms with Gasteiger partial charge >= 0.3 is 0 Å². The van der Waals surface area contributed by atoms with Gasteiger partial charge in [0.1, 0.15) is 0 Å². The van der Waals surface area contributed by atoms with Crippen LogP contribution in [0.1, 0.15) is 57.8 Å². The number of nitrogens with one attached hydrogen (secondary N) is 4. The van der Waals surface area contributed by atoms with Crippen LogP contribution in [0.15, 0.2) is 0 Å². The predicted octanol–water partition coefficient (Wildman–Crippen LogP) is 2.36. The molecule has 4 fully saturated rings. The Kier molecular flexibility index (Phi) is 7.27. The molecule has 0 saturated carbocycles. The molecule has 0 aromatic carbocycles. The maximum Gasteiger partial charge on any atom is 0.0113 e. The highest BCUT2D eigenvalue weighted by molar-refractivity contribution is 4.94. The molecule has 4 aliphatic rings. The van der Waals surface area contributed by atoms with Crippen LogP contribution in [0.5, 0.6) is 0 Å². The Labute approximate surface area is 161 Å². The molecule has 4 nitrogen and oxygen atoms in total.